The predicted molar refractivity (Wildman–Crippen MR) is 142 cm³/mol. The Morgan fingerprint density at radius 3 is 2.75 bits per heavy atom. The number of esters is 1. The Kier molecular flexibility index (Phi) is 9.78. The maximum Gasteiger partial charge on any atom is 0.333 e. The van der Waals surface area contributed by atoms with E-state index >= 15 is 0 Å². The second kappa shape index (κ2) is 13.0. The average molecular weight is 513 g/mol. The van der Waals surface area contributed by atoms with Crippen LogP contribution in [-0.4, -0.2) is 42.8 Å². The molecule has 9 heteroatoms. The molecule has 0 aliphatic carbocycles. The Morgan fingerprint density at radius 1 is 1.22 bits per heavy atom. The molecule has 0 bridgehead atoms. The summed E-state index contributed by atoms with van der Waals surface area (Å²) in [6, 6.07) is 10.3. The van der Waals surface area contributed by atoms with E-state index in [1.807, 2.05) is 31.2 Å². The van der Waals surface area contributed by atoms with E-state index in [1.165, 1.54) is 12.1 Å². The number of hydrogen-bond donors (Lipinski definition) is 2. The van der Waals surface area contributed by atoms with Crippen LogP contribution in [0.2, 0.25) is 5.02 Å². The molecule has 0 amide bonds. The quantitative estimate of drug-likeness (QED) is 0.174. The number of methoxy groups -OCH3 is 1. The van der Waals surface area contributed by atoms with Crippen molar-refractivity contribution in [2.45, 2.75) is 27.2 Å². The molecule has 7 nitrogen and oxygen atoms in total. The normalized spacial score (nSPS) is 11.3. The highest BCUT2D eigenvalue weighted by Gasteiger charge is 2.13. The van der Waals surface area contributed by atoms with E-state index in [-0.39, 0.29) is 11.0 Å². The third-order valence-corrected chi connectivity index (χ3v) is 5.63. The molecule has 36 heavy (non-hydrogen) atoms. The highest BCUT2D eigenvalue weighted by molar-refractivity contribution is 6.31. The summed E-state index contributed by atoms with van der Waals surface area (Å²) in [6.07, 6.45) is 4.32. The molecule has 190 valence electrons. The van der Waals surface area contributed by atoms with Gasteiger partial charge in [0.2, 0.25) is 5.95 Å². The van der Waals surface area contributed by atoms with Gasteiger partial charge in [0.15, 0.2) is 0 Å². The minimum absolute atomic E-state index is 0.00730. The molecule has 2 aromatic carbocycles. The SMILES string of the molecule is CCOC(=O)/C(C)=C/c1cc(-c2cnc(Nc3ccc(F)c(Cl)c3)nc2NCCCOC)ccc1C. The molecule has 0 atom stereocenters. The lowest BCUT2D eigenvalue weighted by molar-refractivity contribution is -0.138. The van der Waals surface area contributed by atoms with Crippen LogP contribution < -0.4 is 10.6 Å². The summed E-state index contributed by atoms with van der Waals surface area (Å²) in [7, 11) is 1.66. The molecular weight excluding hydrogens is 483 g/mol. The average Bonchev–Trinajstić information content (AvgIpc) is 2.86. The van der Waals surface area contributed by atoms with E-state index in [9.17, 15) is 9.18 Å². The molecule has 1 heterocycles. The molecule has 0 unspecified atom stereocenters. The first-order valence-electron chi connectivity index (χ1n) is 11.6. The zero-order chi connectivity index (χ0) is 26.1. The molecule has 3 aromatic rings. The summed E-state index contributed by atoms with van der Waals surface area (Å²) in [5.74, 6) is 0.114. The highest BCUT2D eigenvalue weighted by Crippen LogP contribution is 2.30. The number of nitrogens with one attached hydrogen (secondary N) is 2. The van der Waals surface area contributed by atoms with Crippen LogP contribution in [0.15, 0.2) is 48.2 Å². The van der Waals surface area contributed by atoms with Gasteiger partial charge in [-0.05, 0) is 74.2 Å². The number of hydrogen-bond acceptors (Lipinski definition) is 7. The second-order valence-electron chi connectivity index (χ2n) is 8.10. The highest BCUT2D eigenvalue weighted by atomic mass is 35.5. The zero-order valence-electron chi connectivity index (χ0n) is 20.8. The topological polar surface area (TPSA) is 85.4 Å². The first-order chi connectivity index (χ1) is 17.3. The summed E-state index contributed by atoms with van der Waals surface area (Å²) in [5, 5.41) is 6.43. The summed E-state index contributed by atoms with van der Waals surface area (Å²) in [5.41, 5.74) is 4.67. The Bertz CT molecular complexity index is 1250. The molecule has 2 N–H and O–H groups in total. The van der Waals surface area contributed by atoms with Crippen molar-refractivity contribution in [3.63, 3.8) is 0 Å². The van der Waals surface area contributed by atoms with Crippen LogP contribution in [0.1, 0.15) is 31.4 Å². The molecule has 0 saturated heterocycles. The van der Waals surface area contributed by atoms with Gasteiger partial charge < -0.3 is 20.1 Å². The number of carbonyl (C=O) groups is 1. The monoisotopic (exact) mass is 512 g/mol. The number of carbonyl (C=O) groups excluding carboxylic acids is 1. The van der Waals surface area contributed by atoms with Crippen LogP contribution in [0.4, 0.5) is 21.8 Å². The van der Waals surface area contributed by atoms with Gasteiger partial charge in [0.1, 0.15) is 11.6 Å². The van der Waals surface area contributed by atoms with Crippen LogP contribution in [0.25, 0.3) is 17.2 Å². The van der Waals surface area contributed by atoms with Crippen LogP contribution >= 0.6 is 11.6 Å². The molecule has 1 aromatic heterocycles. The molecule has 0 saturated carbocycles. The molecule has 3 rings (SSSR count). The van der Waals surface area contributed by atoms with Crippen LogP contribution in [0.5, 0.6) is 0 Å². The van der Waals surface area contributed by atoms with Crippen LogP contribution in [0.3, 0.4) is 0 Å². The van der Waals surface area contributed by atoms with Crippen molar-refractivity contribution in [3.05, 3.63) is 70.1 Å². The molecule has 0 fully saturated rings. The third-order valence-electron chi connectivity index (χ3n) is 5.34. The van der Waals surface area contributed by atoms with Gasteiger partial charge in [0.05, 0.1) is 11.6 Å². The third kappa shape index (κ3) is 7.26. The minimum Gasteiger partial charge on any atom is -0.463 e. The molecule has 0 aliphatic heterocycles. The molecular formula is C27H30ClFN4O3. The van der Waals surface area contributed by atoms with Gasteiger partial charge >= 0.3 is 5.97 Å². The Balaban J connectivity index is 1.96. The van der Waals surface area contributed by atoms with Crippen molar-refractivity contribution in [1.29, 1.82) is 0 Å². The lowest BCUT2D eigenvalue weighted by Crippen LogP contribution is -2.09. The maximum atomic E-state index is 13.5. The fourth-order valence-electron chi connectivity index (χ4n) is 3.41. The van der Waals surface area contributed by atoms with Crippen molar-refractivity contribution < 1.29 is 18.7 Å². The van der Waals surface area contributed by atoms with Gasteiger partial charge in [-0.15, -0.1) is 0 Å². The smallest absolute Gasteiger partial charge is 0.333 e. The predicted octanol–water partition coefficient (Wildman–Crippen LogP) is 6.40. The number of halogens is 2. The lowest BCUT2D eigenvalue weighted by atomic mass is 9.99. The number of rotatable bonds is 11. The van der Waals surface area contributed by atoms with E-state index < -0.39 is 5.82 Å². The fraction of sp³-hybridized carbons (Fsp3) is 0.296. The largest absolute Gasteiger partial charge is 0.463 e. The summed E-state index contributed by atoms with van der Waals surface area (Å²) >= 11 is 5.90. The van der Waals surface area contributed by atoms with E-state index in [2.05, 4.69) is 20.6 Å². The number of nitrogens with zero attached hydrogens (tertiary/aromatic N) is 2. The number of benzene rings is 2. The lowest BCUT2D eigenvalue weighted by Gasteiger charge is -2.14. The van der Waals surface area contributed by atoms with Crippen molar-refractivity contribution in [2.75, 3.05) is 37.5 Å². The minimum atomic E-state index is -0.499. The van der Waals surface area contributed by atoms with Gasteiger partial charge in [-0.3, -0.25) is 0 Å². The van der Waals surface area contributed by atoms with Gasteiger partial charge in [0.25, 0.3) is 0 Å². The van der Waals surface area contributed by atoms with Crippen molar-refractivity contribution in [1.82, 2.24) is 9.97 Å². The van der Waals surface area contributed by atoms with Gasteiger partial charge in [-0.1, -0.05) is 23.7 Å². The summed E-state index contributed by atoms with van der Waals surface area (Å²) < 4.78 is 23.8. The first-order valence-corrected chi connectivity index (χ1v) is 12.0. The fourth-order valence-corrected chi connectivity index (χ4v) is 3.60. The van der Waals surface area contributed by atoms with Gasteiger partial charge in [-0.25, -0.2) is 14.2 Å². The molecule has 0 radical (unpaired) electrons. The zero-order valence-corrected chi connectivity index (χ0v) is 21.6. The Hall–Kier alpha value is -3.49. The van der Waals surface area contributed by atoms with Crippen LogP contribution in [-0.2, 0) is 14.3 Å². The first kappa shape index (κ1) is 27.1. The van der Waals surface area contributed by atoms with Gasteiger partial charge in [-0.2, -0.15) is 4.98 Å². The van der Waals surface area contributed by atoms with Crippen molar-refractivity contribution >= 4 is 41.1 Å². The van der Waals surface area contributed by atoms with E-state index in [0.717, 1.165) is 28.7 Å². The number of aromatic nitrogens is 2. The second-order valence-corrected chi connectivity index (χ2v) is 8.51. The van der Waals surface area contributed by atoms with Crippen molar-refractivity contribution in [3.8, 4) is 11.1 Å². The van der Waals surface area contributed by atoms with Crippen molar-refractivity contribution in [2.24, 2.45) is 0 Å². The maximum absolute atomic E-state index is 13.5. The number of ether oxygens (including phenoxy) is 2. The molecule has 0 aliphatic rings. The van der Waals surface area contributed by atoms with E-state index in [4.69, 9.17) is 21.1 Å². The standard InChI is InChI=1S/C27H30ClFN4O3/c1-5-36-26(34)18(3)13-20-14-19(8-7-17(20)2)22-16-31-27(33-25(22)30-11-6-12-35-4)32-21-9-10-24(29)23(28)15-21/h7-10,13-16H,5-6,11-12H2,1-4H3,(H2,30,31,32,33)/b18-13+. The number of aryl methyl sites for hydroxylation is 1. The van der Waals surface area contributed by atoms with Crippen LogP contribution in [0, 0.1) is 12.7 Å². The van der Waals surface area contributed by atoms with E-state index in [0.29, 0.717) is 42.8 Å². The number of anilines is 3. The van der Waals surface area contributed by atoms with E-state index in [1.54, 1.807) is 33.2 Å². The molecule has 0 spiro atoms. The Morgan fingerprint density at radius 2 is 2.03 bits per heavy atom. The summed E-state index contributed by atoms with van der Waals surface area (Å²) in [6.45, 7) is 7.07. The van der Waals surface area contributed by atoms with Gasteiger partial charge in [0, 0.05) is 43.3 Å². The summed E-state index contributed by atoms with van der Waals surface area (Å²) in [4.78, 5) is 21.2. The Labute approximate surface area is 215 Å².